The predicted molar refractivity (Wildman–Crippen MR) is 135 cm³/mol. The van der Waals surface area contributed by atoms with E-state index in [1.165, 1.54) is 6.07 Å². The summed E-state index contributed by atoms with van der Waals surface area (Å²) in [5, 5.41) is 27.8. The van der Waals surface area contributed by atoms with E-state index >= 15 is 0 Å². The third kappa shape index (κ3) is 11.5. The summed E-state index contributed by atoms with van der Waals surface area (Å²) in [6.07, 6.45) is 0. The van der Waals surface area contributed by atoms with E-state index in [0.29, 0.717) is 64.5 Å². The SMILES string of the molecule is Cc1ccccc1S(=O)(=O)NCCN1CCN(CC(=O)O)CCN(CC(=O)O)CCN(CC(=O)O)CC1. The number of carboxylic acid groups (broad SMARTS) is 3. The van der Waals surface area contributed by atoms with Crippen molar-refractivity contribution >= 4 is 27.9 Å². The topological polar surface area (TPSA) is 171 Å². The zero-order chi connectivity index (χ0) is 27.4. The molecule has 0 aromatic heterocycles. The normalized spacial score (nSPS) is 18.1. The first-order chi connectivity index (χ1) is 17.5. The average molecular weight is 544 g/mol. The first-order valence-electron chi connectivity index (χ1n) is 12.1. The molecule has 14 heteroatoms. The molecule has 0 saturated carbocycles. The number of hydrogen-bond acceptors (Lipinski definition) is 9. The van der Waals surface area contributed by atoms with E-state index in [-0.39, 0.29) is 31.1 Å². The van der Waals surface area contributed by atoms with Crippen LogP contribution in [-0.4, -0.2) is 146 Å². The molecule has 0 amide bonds. The smallest absolute Gasteiger partial charge is 0.317 e. The Kier molecular flexibility index (Phi) is 12.4. The van der Waals surface area contributed by atoms with Gasteiger partial charge in [0, 0.05) is 65.4 Å². The number of hydrogen-bond donors (Lipinski definition) is 4. The minimum absolute atomic E-state index is 0.126. The molecule has 0 aliphatic carbocycles. The second-order valence-corrected chi connectivity index (χ2v) is 10.7. The second-order valence-electron chi connectivity index (χ2n) is 9.01. The van der Waals surface area contributed by atoms with Crippen LogP contribution in [0.1, 0.15) is 5.56 Å². The summed E-state index contributed by atoms with van der Waals surface area (Å²) in [6, 6.07) is 6.67. The number of aliphatic carboxylic acids is 3. The lowest BCUT2D eigenvalue weighted by atomic mass is 10.2. The summed E-state index contributed by atoms with van der Waals surface area (Å²) in [5.41, 5.74) is 0.631. The molecule has 1 heterocycles. The van der Waals surface area contributed by atoms with Crippen molar-refractivity contribution < 1.29 is 38.1 Å². The minimum atomic E-state index is -3.71. The first-order valence-corrected chi connectivity index (χ1v) is 13.5. The van der Waals surface area contributed by atoms with Crippen LogP contribution in [0.5, 0.6) is 0 Å². The van der Waals surface area contributed by atoms with Crippen molar-refractivity contribution in [1.29, 1.82) is 0 Å². The summed E-state index contributed by atoms with van der Waals surface area (Å²) in [7, 11) is -3.71. The van der Waals surface area contributed by atoms with Gasteiger partial charge in [-0.3, -0.25) is 34.0 Å². The Morgan fingerprint density at radius 2 is 1.11 bits per heavy atom. The van der Waals surface area contributed by atoms with Crippen molar-refractivity contribution in [2.75, 3.05) is 85.1 Å². The van der Waals surface area contributed by atoms with Gasteiger partial charge in [0.15, 0.2) is 0 Å². The van der Waals surface area contributed by atoms with Crippen LogP contribution >= 0.6 is 0 Å². The lowest BCUT2D eigenvalue weighted by molar-refractivity contribution is -0.140. The number of sulfonamides is 1. The molecule has 2 rings (SSSR count). The lowest BCUT2D eigenvalue weighted by Crippen LogP contribution is -2.49. The van der Waals surface area contributed by atoms with E-state index in [9.17, 15) is 38.1 Å². The Labute approximate surface area is 217 Å². The highest BCUT2D eigenvalue weighted by molar-refractivity contribution is 7.89. The fourth-order valence-corrected chi connectivity index (χ4v) is 5.39. The van der Waals surface area contributed by atoms with Gasteiger partial charge < -0.3 is 15.3 Å². The van der Waals surface area contributed by atoms with Crippen molar-refractivity contribution in [3.8, 4) is 0 Å². The third-order valence-corrected chi connectivity index (χ3v) is 7.73. The predicted octanol–water partition coefficient (Wildman–Crippen LogP) is -1.25. The third-order valence-electron chi connectivity index (χ3n) is 6.11. The highest BCUT2D eigenvalue weighted by Crippen LogP contribution is 2.13. The quantitative estimate of drug-likeness (QED) is 0.262. The van der Waals surface area contributed by atoms with Crippen LogP contribution in [0, 0.1) is 6.92 Å². The summed E-state index contributed by atoms with van der Waals surface area (Å²) < 4.78 is 28.1. The molecule has 1 saturated heterocycles. The summed E-state index contributed by atoms with van der Waals surface area (Å²) in [6.45, 7) is 4.43. The molecule has 37 heavy (non-hydrogen) atoms. The number of carbonyl (C=O) groups is 3. The number of aryl methyl sites for hydroxylation is 1. The Morgan fingerprint density at radius 1 is 0.730 bits per heavy atom. The molecule has 1 aliphatic rings. The van der Waals surface area contributed by atoms with Crippen molar-refractivity contribution in [3.63, 3.8) is 0 Å². The molecular weight excluding hydrogens is 506 g/mol. The van der Waals surface area contributed by atoms with Crippen LogP contribution in [0.25, 0.3) is 0 Å². The van der Waals surface area contributed by atoms with Crippen LogP contribution in [-0.2, 0) is 24.4 Å². The number of nitrogens with zero attached hydrogens (tertiary/aromatic N) is 4. The molecule has 1 aromatic carbocycles. The van der Waals surface area contributed by atoms with E-state index in [0.717, 1.165) is 0 Å². The van der Waals surface area contributed by atoms with E-state index < -0.39 is 27.9 Å². The molecule has 4 N–H and O–H groups in total. The standard InChI is InChI=1S/C23H37N5O8S/c1-19-4-2-3-5-20(19)37(35,36)24-6-7-25-8-10-26(16-21(29)30)12-14-28(18-23(33)34)15-13-27(11-9-25)17-22(31)32/h2-5,24H,6-18H2,1H3,(H,29,30)(H,31,32)(H,33,34). The summed E-state index contributed by atoms with van der Waals surface area (Å²) in [5.74, 6) is -3.01. The van der Waals surface area contributed by atoms with E-state index in [2.05, 4.69) is 4.72 Å². The fraction of sp³-hybridized carbons (Fsp3) is 0.609. The maximum atomic E-state index is 12.7. The van der Waals surface area contributed by atoms with Crippen molar-refractivity contribution in [2.45, 2.75) is 11.8 Å². The summed E-state index contributed by atoms with van der Waals surface area (Å²) >= 11 is 0. The van der Waals surface area contributed by atoms with E-state index in [4.69, 9.17) is 0 Å². The molecule has 1 aliphatic heterocycles. The number of benzene rings is 1. The lowest BCUT2D eigenvalue weighted by Gasteiger charge is -2.33. The van der Waals surface area contributed by atoms with Gasteiger partial charge in [-0.15, -0.1) is 0 Å². The fourth-order valence-electron chi connectivity index (χ4n) is 4.12. The highest BCUT2D eigenvalue weighted by atomic mass is 32.2. The molecule has 13 nitrogen and oxygen atoms in total. The first kappa shape index (κ1) is 30.6. The summed E-state index contributed by atoms with van der Waals surface area (Å²) in [4.78, 5) is 41.3. The van der Waals surface area contributed by atoms with Gasteiger partial charge in [0.25, 0.3) is 0 Å². The van der Waals surface area contributed by atoms with Crippen LogP contribution < -0.4 is 4.72 Å². The molecule has 0 atom stereocenters. The largest absolute Gasteiger partial charge is 0.480 e. The molecule has 1 aromatic rings. The maximum Gasteiger partial charge on any atom is 0.317 e. The van der Waals surface area contributed by atoms with Crippen molar-refractivity contribution in [2.24, 2.45) is 0 Å². The minimum Gasteiger partial charge on any atom is -0.480 e. The average Bonchev–Trinajstić information content (AvgIpc) is 2.79. The Morgan fingerprint density at radius 3 is 1.49 bits per heavy atom. The van der Waals surface area contributed by atoms with Gasteiger partial charge in [-0.05, 0) is 18.6 Å². The highest BCUT2D eigenvalue weighted by Gasteiger charge is 2.21. The van der Waals surface area contributed by atoms with Crippen LogP contribution in [0.4, 0.5) is 0 Å². The molecular formula is C23H37N5O8S. The number of rotatable bonds is 11. The molecule has 1 fully saturated rings. The Bertz CT molecular complexity index is 990. The molecule has 0 unspecified atom stereocenters. The maximum absolute atomic E-state index is 12.7. The number of carboxylic acids is 3. The number of nitrogens with one attached hydrogen (secondary N) is 1. The van der Waals surface area contributed by atoms with Gasteiger partial charge in [0.05, 0.1) is 24.5 Å². The monoisotopic (exact) mass is 543 g/mol. The van der Waals surface area contributed by atoms with Gasteiger partial charge in [0.1, 0.15) is 0 Å². The molecule has 0 spiro atoms. The van der Waals surface area contributed by atoms with Crippen molar-refractivity contribution in [1.82, 2.24) is 24.3 Å². The van der Waals surface area contributed by atoms with Gasteiger partial charge in [-0.2, -0.15) is 0 Å². The zero-order valence-corrected chi connectivity index (χ0v) is 21.9. The molecule has 0 bridgehead atoms. The second kappa shape index (κ2) is 15.0. The van der Waals surface area contributed by atoms with E-state index in [1.54, 1.807) is 39.8 Å². The Balaban J connectivity index is 2.10. The van der Waals surface area contributed by atoms with Gasteiger partial charge in [-0.25, -0.2) is 13.1 Å². The zero-order valence-electron chi connectivity index (χ0n) is 21.1. The van der Waals surface area contributed by atoms with Crippen LogP contribution in [0.15, 0.2) is 29.2 Å². The van der Waals surface area contributed by atoms with Gasteiger partial charge >= 0.3 is 17.9 Å². The van der Waals surface area contributed by atoms with E-state index in [1.807, 2.05) is 4.90 Å². The molecule has 0 radical (unpaired) electrons. The van der Waals surface area contributed by atoms with Crippen LogP contribution in [0.3, 0.4) is 0 Å². The molecule has 208 valence electrons. The van der Waals surface area contributed by atoms with Crippen LogP contribution in [0.2, 0.25) is 0 Å². The van der Waals surface area contributed by atoms with Crippen molar-refractivity contribution in [3.05, 3.63) is 29.8 Å². The Hall–Kier alpha value is -2.62. The van der Waals surface area contributed by atoms with Gasteiger partial charge in [0.2, 0.25) is 10.0 Å². The van der Waals surface area contributed by atoms with Gasteiger partial charge in [-0.1, -0.05) is 18.2 Å².